The van der Waals surface area contributed by atoms with E-state index in [2.05, 4.69) is 21.7 Å². The lowest BCUT2D eigenvalue weighted by atomic mass is 10.1. The number of benzene rings is 1. The molecule has 0 aliphatic heterocycles. The number of rotatable bonds is 5. The first-order valence-electron chi connectivity index (χ1n) is 6.54. The molecule has 0 aliphatic carbocycles. The summed E-state index contributed by atoms with van der Waals surface area (Å²) >= 11 is 1.72. The Balaban J connectivity index is 1.85. The van der Waals surface area contributed by atoms with Crippen LogP contribution in [0.3, 0.4) is 0 Å². The van der Waals surface area contributed by atoms with Crippen molar-refractivity contribution >= 4 is 33.6 Å². The molecule has 0 unspecified atom stereocenters. The molecule has 5 nitrogen and oxygen atoms in total. The fraction of sp³-hybridized carbons (Fsp3) is 0.133. The van der Waals surface area contributed by atoms with E-state index in [4.69, 9.17) is 0 Å². The Kier molecular flexibility index (Phi) is 3.79. The lowest BCUT2D eigenvalue weighted by molar-refractivity contribution is -0.383. The molecule has 0 saturated carbocycles. The Morgan fingerprint density at radius 1 is 1.24 bits per heavy atom. The van der Waals surface area contributed by atoms with E-state index in [0.29, 0.717) is 10.9 Å². The van der Waals surface area contributed by atoms with Crippen LogP contribution in [0.4, 0.5) is 11.4 Å². The Hall–Kier alpha value is -2.47. The van der Waals surface area contributed by atoms with Gasteiger partial charge in [-0.25, -0.2) is 0 Å². The van der Waals surface area contributed by atoms with Crippen LogP contribution in [0.2, 0.25) is 0 Å². The molecular formula is C15H13N3O2S. The molecule has 0 bridgehead atoms. The van der Waals surface area contributed by atoms with Crippen LogP contribution in [-0.4, -0.2) is 16.5 Å². The molecule has 0 amide bonds. The van der Waals surface area contributed by atoms with E-state index in [-0.39, 0.29) is 10.6 Å². The minimum Gasteiger partial charge on any atom is -0.383 e. The number of nitrogens with one attached hydrogen (secondary N) is 1. The van der Waals surface area contributed by atoms with Gasteiger partial charge in [-0.3, -0.25) is 15.1 Å². The monoisotopic (exact) mass is 299 g/mol. The molecular weight excluding hydrogens is 286 g/mol. The second kappa shape index (κ2) is 5.88. The number of non-ortho nitro benzene ring substituents is 1. The summed E-state index contributed by atoms with van der Waals surface area (Å²) in [6, 6.07) is 10.8. The second-order valence-corrected chi connectivity index (χ2v) is 5.58. The number of thiophene rings is 1. The van der Waals surface area contributed by atoms with E-state index >= 15 is 0 Å². The van der Waals surface area contributed by atoms with Gasteiger partial charge in [0.2, 0.25) is 0 Å². The van der Waals surface area contributed by atoms with Gasteiger partial charge in [0.15, 0.2) is 0 Å². The van der Waals surface area contributed by atoms with E-state index in [1.807, 2.05) is 6.07 Å². The predicted octanol–water partition coefficient (Wildman–Crippen LogP) is 3.86. The van der Waals surface area contributed by atoms with Crippen molar-refractivity contribution in [3.63, 3.8) is 0 Å². The molecule has 2 heterocycles. The lowest BCUT2D eigenvalue weighted by Crippen LogP contribution is -2.05. The van der Waals surface area contributed by atoms with Crippen LogP contribution in [0.25, 0.3) is 10.9 Å². The number of pyridine rings is 1. The Morgan fingerprint density at radius 2 is 2.14 bits per heavy atom. The molecule has 1 N–H and O–H groups in total. The van der Waals surface area contributed by atoms with Gasteiger partial charge >= 0.3 is 0 Å². The number of fused-ring (bicyclic) bond motifs is 1. The second-order valence-electron chi connectivity index (χ2n) is 4.55. The van der Waals surface area contributed by atoms with Crippen molar-refractivity contribution in [2.24, 2.45) is 0 Å². The molecule has 0 spiro atoms. The number of anilines is 1. The molecule has 0 atom stereocenters. The molecule has 2 aromatic heterocycles. The summed E-state index contributed by atoms with van der Waals surface area (Å²) < 4.78 is 0. The number of hydrogen-bond acceptors (Lipinski definition) is 5. The number of nitro groups is 1. The molecule has 0 radical (unpaired) electrons. The van der Waals surface area contributed by atoms with Gasteiger partial charge in [0.1, 0.15) is 5.52 Å². The Morgan fingerprint density at radius 3 is 2.90 bits per heavy atom. The van der Waals surface area contributed by atoms with Crippen LogP contribution < -0.4 is 5.32 Å². The molecule has 3 rings (SSSR count). The van der Waals surface area contributed by atoms with Crippen molar-refractivity contribution in [3.05, 3.63) is 63.0 Å². The van der Waals surface area contributed by atoms with Crippen LogP contribution in [-0.2, 0) is 6.42 Å². The highest BCUT2D eigenvalue weighted by molar-refractivity contribution is 7.09. The molecule has 3 aromatic rings. The summed E-state index contributed by atoms with van der Waals surface area (Å²) in [6.45, 7) is 0.768. The van der Waals surface area contributed by atoms with Crippen LogP contribution in [0, 0.1) is 10.1 Å². The van der Waals surface area contributed by atoms with Crippen molar-refractivity contribution in [2.75, 3.05) is 11.9 Å². The zero-order valence-corrected chi connectivity index (χ0v) is 12.0. The van der Waals surface area contributed by atoms with Gasteiger partial charge in [-0.05, 0) is 36.1 Å². The first kappa shape index (κ1) is 13.5. The first-order chi connectivity index (χ1) is 10.3. The van der Waals surface area contributed by atoms with E-state index in [1.54, 1.807) is 35.7 Å². The Bertz CT molecular complexity index is 772. The normalized spacial score (nSPS) is 10.7. The molecule has 0 aliphatic rings. The predicted molar refractivity (Wildman–Crippen MR) is 84.9 cm³/mol. The van der Waals surface area contributed by atoms with Gasteiger partial charge in [0.05, 0.1) is 16.0 Å². The molecule has 6 heteroatoms. The van der Waals surface area contributed by atoms with Crippen molar-refractivity contribution in [2.45, 2.75) is 6.42 Å². The quantitative estimate of drug-likeness (QED) is 0.574. The highest BCUT2D eigenvalue weighted by Crippen LogP contribution is 2.29. The average molecular weight is 299 g/mol. The lowest BCUT2D eigenvalue weighted by Gasteiger charge is -2.08. The summed E-state index contributed by atoms with van der Waals surface area (Å²) in [5.41, 5.74) is 1.55. The SMILES string of the molecule is O=[N+]([O-])c1ccc(NCCc2cccs2)c2ncccc12. The fourth-order valence-corrected chi connectivity index (χ4v) is 2.94. The standard InChI is InChI=1S/C15H13N3O2S/c19-18(20)14-6-5-13(15-12(14)4-1-8-17-15)16-9-7-11-3-2-10-21-11/h1-6,8,10,16H,7,9H2. The molecule has 0 fully saturated rings. The summed E-state index contributed by atoms with van der Waals surface area (Å²) in [5.74, 6) is 0. The number of nitro benzene ring substituents is 1. The molecule has 21 heavy (non-hydrogen) atoms. The maximum atomic E-state index is 11.1. The summed E-state index contributed by atoms with van der Waals surface area (Å²) in [5, 5.41) is 17.0. The topological polar surface area (TPSA) is 68.1 Å². The van der Waals surface area contributed by atoms with Crippen molar-refractivity contribution in [3.8, 4) is 0 Å². The van der Waals surface area contributed by atoms with Crippen LogP contribution in [0.5, 0.6) is 0 Å². The fourth-order valence-electron chi connectivity index (χ4n) is 2.23. The highest BCUT2D eigenvalue weighted by Gasteiger charge is 2.14. The van der Waals surface area contributed by atoms with E-state index in [9.17, 15) is 10.1 Å². The highest BCUT2D eigenvalue weighted by atomic mass is 32.1. The maximum absolute atomic E-state index is 11.1. The van der Waals surface area contributed by atoms with Gasteiger partial charge in [0.25, 0.3) is 5.69 Å². The summed E-state index contributed by atoms with van der Waals surface area (Å²) in [4.78, 5) is 16.3. The number of nitrogens with zero attached hydrogens (tertiary/aromatic N) is 2. The zero-order valence-electron chi connectivity index (χ0n) is 11.2. The van der Waals surface area contributed by atoms with Crippen molar-refractivity contribution in [1.82, 2.24) is 4.98 Å². The zero-order chi connectivity index (χ0) is 14.7. The number of aromatic nitrogens is 1. The minimum absolute atomic E-state index is 0.0851. The van der Waals surface area contributed by atoms with Crippen LogP contribution in [0.1, 0.15) is 4.88 Å². The van der Waals surface area contributed by atoms with Gasteiger partial charge < -0.3 is 5.32 Å². The third kappa shape index (κ3) is 2.85. The molecule has 1 aromatic carbocycles. The van der Waals surface area contributed by atoms with Crippen LogP contribution >= 0.6 is 11.3 Å². The largest absolute Gasteiger partial charge is 0.383 e. The minimum atomic E-state index is -0.376. The van der Waals surface area contributed by atoms with E-state index in [1.165, 1.54) is 10.9 Å². The van der Waals surface area contributed by atoms with Gasteiger partial charge in [-0.2, -0.15) is 0 Å². The summed E-state index contributed by atoms with van der Waals surface area (Å²) in [6.07, 6.45) is 2.57. The van der Waals surface area contributed by atoms with Crippen LogP contribution in [0.15, 0.2) is 48.0 Å². The van der Waals surface area contributed by atoms with Gasteiger partial charge in [0, 0.05) is 23.7 Å². The maximum Gasteiger partial charge on any atom is 0.278 e. The Labute approximate surface area is 125 Å². The smallest absolute Gasteiger partial charge is 0.278 e. The number of hydrogen-bond donors (Lipinski definition) is 1. The van der Waals surface area contributed by atoms with Crippen molar-refractivity contribution in [1.29, 1.82) is 0 Å². The van der Waals surface area contributed by atoms with Gasteiger partial charge in [-0.15, -0.1) is 11.3 Å². The van der Waals surface area contributed by atoms with Crippen molar-refractivity contribution < 1.29 is 4.92 Å². The van der Waals surface area contributed by atoms with E-state index in [0.717, 1.165) is 18.7 Å². The third-order valence-corrected chi connectivity index (χ3v) is 4.15. The average Bonchev–Trinajstić information content (AvgIpc) is 3.00. The summed E-state index contributed by atoms with van der Waals surface area (Å²) in [7, 11) is 0. The molecule has 106 valence electrons. The van der Waals surface area contributed by atoms with Gasteiger partial charge in [-0.1, -0.05) is 6.07 Å². The van der Waals surface area contributed by atoms with E-state index < -0.39 is 0 Å². The molecule has 0 saturated heterocycles. The first-order valence-corrected chi connectivity index (χ1v) is 7.42. The third-order valence-electron chi connectivity index (χ3n) is 3.21.